The lowest BCUT2D eigenvalue weighted by atomic mass is 10.5. The molecule has 0 aromatic carbocycles. The number of fused-ring (bicyclic) bond motifs is 1. The Morgan fingerprint density at radius 1 is 1.27 bits per heavy atom. The second kappa shape index (κ2) is 3.79. The van der Waals surface area contributed by atoms with E-state index >= 15 is 0 Å². The quantitative estimate of drug-likeness (QED) is 0.560. The zero-order chi connectivity index (χ0) is 10.7. The molecule has 3 N–H and O–H groups in total. The van der Waals surface area contributed by atoms with Gasteiger partial charge in [-0.25, -0.2) is 15.0 Å². The Morgan fingerprint density at radius 2 is 2.13 bits per heavy atom. The second-order valence-electron chi connectivity index (χ2n) is 2.77. The minimum atomic E-state index is 0.352. The van der Waals surface area contributed by atoms with Gasteiger partial charge in [0.05, 0.1) is 6.26 Å². The van der Waals surface area contributed by atoms with Gasteiger partial charge in [0.1, 0.15) is 12.7 Å². The number of imidazole rings is 1. The van der Waals surface area contributed by atoms with Crippen molar-refractivity contribution in [1.29, 1.82) is 0 Å². The average molecular weight is 203 g/mol. The molecule has 0 bridgehead atoms. The highest BCUT2D eigenvalue weighted by Crippen LogP contribution is 2.13. The molecule has 0 aliphatic rings. The largest absolute Gasteiger partial charge is 0.516 e. The van der Waals surface area contributed by atoms with E-state index in [1.807, 2.05) is 0 Å². The van der Waals surface area contributed by atoms with Gasteiger partial charge in [0, 0.05) is 6.20 Å². The first-order valence-corrected chi connectivity index (χ1v) is 4.23. The summed E-state index contributed by atoms with van der Waals surface area (Å²) in [5.74, 6) is 0.352. The van der Waals surface area contributed by atoms with Crippen LogP contribution in [0.25, 0.3) is 17.4 Å². The molecule has 0 radical (unpaired) electrons. The molecule has 0 fully saturated rings. The van der Waals surface area contributed by atoms with E-state index in [1.54, 1.807) is 23.2 Å². The van der Waals surface area contributed by atoms with Gasteiger partial charge < -0.3 is 10.8 Å². The number of hydrogen-bond donors (Lipinski definition) is 2. The van der Waals surface area contributed by atoms with Crippen LogP contribution in [0.4, 0.5) is 5.82 Å². The van der Waals surface area contributed by atoms with Crippen molar-refractivity contribution >= 4 is 23.2 Å². The van der Waals surface area contributed by atoms with Crippen LogP contribution in [0.3, 0.4) is 0 Å². The van der Waals surface area contributed by atoms with Crippen LogP contribution in [-0.4, -0.2) is 24.6 Å². The Labute approximate surface area is 85.4 Å². The summed E-state index contributed by atoms with van der Waals surface area (Å²) in [4.78, 5) is 12.0. The van der Waals surface area contributed by atoms with E-state index in [0.717, 1.165) is 6.26 Å². The minimum absolute atomic E-state index is 0.352. The fourth-order valence-corrected chi connectivity index (χ4v) is 1.17. The van der Waals surface area contributed by atoms with E-state index in [1.165, 1.54) is 12.4 Å². The number of aliphatic hydroxyl groups is 1. The summed E-state index contributed by atoms with van der Waals surface area (Å²) >= 11 is 0. The van der Waals surface area contributed by atoms with E-state index in [0.29, 0.717) is 17.0 Å². The zero-order valence-corrected chi connectivity index (χ0v) is 7.78. The zero-order valence-electron chi connectivity index (χ0n) is 7.78. The van der Waals surface area contributed by atoms with Gasteiger partial charge in [-0.05, 0) is 12.2 Å². The maximum Gasteiger partial charge on any atom is 0.169 e. The maximum absolute atomic E-state index is 8.45. The van der Waals surface area contributed by atoms with Gasteiger partial charge in [-0.3, -0.25) is 4.57 Å². The number of allylic oxidation sites excluding steroid dienone is 2. The van der Waals surface area contributed by atoms with Gasteiger partial charge in [0.25, 0.3) is 0 Å². The first-order valence-electron chi connectivity index (χ1n) is 4.23. The van der Waals surface area contributed by atoms with Crippen molar-refractivity contribution < 1.29 is 5.11 Å². The van der Waals surface area contributed by atoms with Crippen molar-refractivity contribution in [3.63, 3.8) is 0 Å². The lowest BCUT2D eigenvalue weighted by Gasteiger charge is -1.94. The predicted molar refractivity (Wildman–Crippen MR) is 56.8 cm³/mol. The Hall–Kier alpha value is -2.37. The lowest BCUT2D eigenvalue weighted by molar-refractivity contribution is 0.474. The summed E-state index contributed by atoms with van der Waals surface area (Å²) in [6.07, 6.45) is 8.74. The average Bonchev–Trinajstić information content (AvgIpc) is 2.64. The van der Waals surface area contributed by atoms with Gasteiger partial charge >= 0.3 is 0 Å². The Kier molecular flexibility index (Phi) is 2.32. The van der Waals surface area contributed by atoms with Crippen LogP contribution >= 0.6 is 0 Å². The highest BCUT2D eigenvalue weighted by atomic mass is 16.2. The first-order chi connectivity index (χ1) is 7.33. The fraction of sp³-hybridized carbons (Fsp3) is 0. The number of hydrogen-bond acceptors (Lipinski definition) is 5. The molecular formula is C9H9N5O. The maximum atomic E-state index is 8.45. The molecule has 0 aliphatic carbocycles. The van der Waals surface area contributed by atoms with Crippen LogP contribution in [0.5, 0.6) is 0 Å². The molecule has 2 aromatic heterocycles. The molecule has 2 heterocycles. The van der Waals surface area contributed by atoms with Gasteiger partial charge in [-0.15, -0.1) is 0 Å². The first kappa shape index (κ1) is 9.20. The molecule has 0 amide bonds. The smallest absolute Gasteiger partial charge is 0.169 e. The lowest BCUT2D eigenvalue weighted by Crippen LogP contribution is -1.93. The van der Waals surface area contributed by atoms with Crippen LogP contribution in [0.15, 0.2) is 31.1 Å². The number of aromatic nitrogens is 4. The number of nitrogens with zero attached hydrogens (tertiary/aromatic N) is 4. The summed E-state index contributed by atoms with van der Waals surface area (Å²) in [7, 11) is 0. The molecule has 15 heavy (non-hydrogen) atoms. The number of anilines is 1. The summed E-state index contributed by atoms with van der Waals surface area (Å²) in [6, 6.07) is 0. The molecule has 76 valence electrons. The van der Waals surface area contributed by atoms with Crippen molar-refractivity contribution in [2.45, 2.75) is 0 Å². The third-order valence-electron chi connectivity index (χ3n) is 1.83. The molecule has 0 atom stereocenters. The van der Waals surface area contributed by atoms with Crippen molar-refractivity contribution in [1.82, 2.24) is 19.5 Å². The van der Waals surface area contributed by atoms with Crippen LogP contribution in [0, 0.1) is 0 Å². The standard InChI is InChI=1S/C9H9N5O/c10-8-7-9(12-5-11-8)14(6-13-7)3-1-2-4-15/h1-6,15H,(H2,10,11,12). The third kappa shape index (κ3) is 1.64. The van der Waals surface area contributed by atoms with Gasteiger partial charge in [0.15, 0.2) is 17.0 Å². The number of aliphatic hydroxyl groups excluding tert-OH is 1. The van der Waals surface area contributed by atoms with Gasteiger partial charge in [0.2, 0.25) is 0 Å². The van der Waals surface area contributed by atoms with E-state index in [4.69, 9.17) is 10.8 Å². The topological polar surface area (TPSA) is 89.9 Å². The molecule has 0 saturated carbocycles. The molecular weight excluding hydrogens is 194 g/mol. The molecule has 0 spiro atoms. The molecule has 6 nitrogen and oxygen atoms in total. The Morgan fingerprint density at radius 3 is 2.93 bits per heavy atom. The number of rotatable bonds is 2. The molecule has 0 aliphatic heterocycles. The van der Waals surface area contributed by atoms with Crippen LogP contribution in [-0.2, 0) is 0 Å². The van der Waals surface area contributed by atoms with Crippen LogP contribution < -0.4 is 5.73 Å². The third-order valence-corrected chi connectivity index (χ3v) is 1.83. The van der Waals surface area contributed by atoms with Crippen molar-refractivity contribution in [3.8, 4) is 0 Å². The number of nitrogen functional groups attached to an aromatic ring is 1. The second-order valence-corrected chi connectivity index (χ2v) is 2.77. The summed E-state index contributed by atoms with van der Waals surface area (Å²) in [5, 5.41) is 8.45. The van der Waals surface area contributed by atoms with E-state index < -0.39 is 0 Å². The van der Waals surface area contributed by atoms with Crippen LogP contribution in [0.2, 0.25) is 0 Å². The Balaban J connectivity index is 2.50. The highest BCUT2D eigenvalue weighted by molar-refractivity contribution is 5.82. The highest BCUT2D eigenvalue weighted by Gasteiger charge is 2.04. The molecule has 0 unspecified atom stereocenters. The Bertz CT molecular complexity index is 528. The molecule has 2 rings (SSSR count). The van der Waals surface area contributed by atoms with E-state index in [2.05, 4.69) is 15.0 Å². The minimum Gasteiger partial charge on any atom is -0.516 e. The summed E-state index contributed by atoms with van der Waals surface area (Å²) in [6.45, 7) is 0. The monoisotopic (exact) mass is 203 g/mol. The van der Waals surface area contributed by atoms with Crippen molar-refractivity contribution in [2.75, 3.05) is 5.73 Å². The molecule has 2 aromatic rings. The van der Waals surface area contributed by atoms with Crippen molar-refractivity contribution in [3.05, 3.63) is 31.1 Å². The SMILES string of the molecule is Nc1ncnc2c1ncn2C=CC=CO. The van der Waals surface area contributed by atoms with Crippen LogP contribution in [0.1, 0.15) is 0 Å². The molecule has 6 heteroatoms. The summed E-state index contributed by atoms with van der Waals surface area (Å²) < 4.78 is 1.69. The summed E-state index contributed by atoms with van der Waals surface area (Å²) in [5.41, 5.74) is 6.81. The van der Waals surface area contributed by atoms with E-state index in [-0.39, 0.29) is 0 Å². The number of nitrogens with two attached hydrogens (primary N) is 1. The molecule has 0 saturated heterocycles. The predicted octanol–water partition coefficient (Wildman–Crippen LogP) is 0.951. The fourth-order valence-electron chi connectivity index (χ4n) is 1.17. The van der Waals surface area contributed by atoms with Gasteiger partial charge in [-0.2, -0.15) is 0 Å². The van der Waals surface area contributed by atoms with E-state index in [9.17, 15) is 0 Å². The van der Waals surface area contributed by atoms with Crippen molar-refractivity contribution in [2.24, 2.45) is 0 Å². The normalized spacial score (nSPS) is 12.0. The van der Waals surface area contributed by atoms with Gasteiger partial charge in [-0.1, -0.05) is 0 Å².